The van der Waals surface area contributed by atoms with Gasteiger partial charge in [0.2, 0.25) is 5.91 Å². The maximum Gasteiger partial charge on any atom is 0.303 e. The Hall–Kier alpha value is -1.91. The number of rotatable bonds is 6. The minimum Gasteiger partial charge on any atom is -0.481 e. The van der Waals surface area contributed by atoms with Gasteiger partial charge in [0, 0.05) is 18.4 Å². The van der Waals surface area contributed by atoms with Crippen molar-refractivity contribution in [3.8, 4) is 0 Å². The van der Waals surface area contributed by atoms with Gasteiger partial charge in [0.15, 0.2) is 0 Å². The summed E-state index contributed by atoms with van der Waals surface area (Å²) in [5.74, 6) is -0.875. The van der Waals surface area contributed by atoms with Crippen LogP contribution in [-0.4, -0.2) is 28.5 Å². The Morgan fingerprint density at radius 1 is 1.24 bits per heavy atom. The molecule has 1 aromatic heterocycles. The smallest absolute Gasteiger partial charge is 0.303 e. The van der Waals surface area contributed by atoms with Crippen LogP contribution >= 0.6 is 0 Å². The zero-order chi connectivity index (χ0) is 15.1. The van der Waals surface area contributed by atoms with Gasteiger partial charge in [-0.2, -0.15) is 0 Å². The first kappa shape index (κ1) is 15.5. The lowest BCUT2D eigenvalue weighted by Crippen LogP contribution is -2.41. The number of aromatic nitrogens is 1. The van der Waals surface area contributed by atoms with Crippen LogP contribution in [0.1, 0.15) is 44.2 Å². The number of hydrogen-bond donors (Lipinski definition) is 2. The molecule has 2 rings (SSSR count). The molecule has 0 unspecified atom stereocenters. The zero-order valence-electron chi connectivity index (χ0n) is 12.2. The van der Waals surface area contributed by atoms with E-state index in [1.165, 1.54) is 0 Å². The van der Waals surface area contributed by atoms with Crippen molar-refractivity contribution < 1.29 is 14.7 Å². The summed E-state index contributed by atoms with van der Waals surface area (Å²) < 4.78 is 0. The molecule has 1 fully saturated rings. The third-order valence-electron chi connectivity index (χ3n) is 4.17. The van der Waals surface area contributed by atoms with E-state index in [2.05, 4.69) is 10.3 Å². The summed E-state index contributed by atoms with van der Waals surface area (Å²) in [6, 6.07) is 5.47. The third kappa shape index (κ3) is 4.85. The number of hydrogen-bond acceptors (Lipinski definition) is 3. The lowest BCUT2D eigenvalue weighted by Gasteiger charge is -2.36. The molecule has 114 valence electrons. The Bertz CT molecular complexity index is 482. The Morgan fingerprint density at radius 2 is 2.00 bits per heavy atom. The molecule has 1 aliphatic rings. The number of carbonyl (C=O) groups is 2. The molecule has 0 aliphatic heterocycles. The fourth-order valence-electron chi connectivity index (χ4n) is 3.05. The molecule has 1 aliphatic carbocycles. The minimum atomic E-state index is -0.782. The summed E-state index contributed by atoms with van der Waals surface area (Å²) in [6.45, 7) is 0.449. The summed E-state index contributed by atoms with van der Waals surface area (Å²) in [7, 11) is 0. The van der Waals surface area contributed by atoms with E-state index < -0.39 is 5.97 Å². The van der Waals surface area contributed by atoms with E-state index in [1.807, 2.05) is 18.2 Å². The van der Waals surface area contributed by atoms with Gasteiger partial charge in [-0.05, 0) is 30.4 Å². The van der Waals surface area contributed by atoms with E-state index in [-0.39, 0.29) is 24.2 Å². The van der Waals surface area contributed by atoms with Crippen molar-refractivity contribution in [1.29, 1.82) is 0 Å². The van der Waals surface area contributed by atoms with Crippen molar-refractivity contribution in [1.82, 2.24) is 10.3 Å². The van der Waals surface area contributed by atoms with Crippen LogP contribution in [0.15, 0.2) is 24.4 Å². The molecule has 5 heteroatoms. The summed E-state index contributed by atoms with van der Waals surface area (Å²) in [5.41, 5.74) is 0.454. The minimum absolute atomic E-state index is 0.0935. The van der Waals surface area contributed by atoms with Crippen molar-refractivity contribution in [2.24, 2.45) is 5.41 Å². The maximum absolute atomic E-state index is 12.0. The van der Waals surface area contributed by atoms with Crippen molar-refractivity contribution in [3.05, 3.63) is 30.1 Å². The highest BCUT2D eigenvalue weighted by atomic mass is 16.4. The number of aliphatic carboxylic acids is 1. The Kier molecular flexibility index (Phi) is 5.31. The van der Waals surface area contributed by atoms with Crippen molar-refractivity contribution in [3.63, 3.8) is 0 Å². The molecular weight excluding hydrogens is 268 g/mol. The molecule has 0 bridgehead atoms. The van der Waals surface area contributed by atoms with Crippen molar-refractivity contribution in [2.45, 2.75) is 44.9 Å². The first-order valence-electron chi connectivity index (χ1n) is 7.48. The van der Waals surface area contributed by atoms with Crippen LogP contribution in [-0.2, 0) is 16.0 Å². The number of carbonyl (C=O) groups excluding carboxylic acids is 1. The second-order valence-electron chi connectivity index (χ2n) is 5.91. The molecule has 1 aromatic rings. The van der Waals surface area contributed by atoms with E-state index in [4.69, 9.17) is 5.11 Å². The predicted octanol–water partition coefficient (Wildman–Crippen LogP) is 2.17. The molecule has 0 radical (unpaired) electrons. The summed E-state index contributed by atoms with van der Waals surface area (Å²) in [4.78, 5) is 27.2. The molecule has 1 amide bonds. The Balaban J connectivity index is 1.89. The van der Waals surface area contributed by atoms with Gasteiger partial charge >= 0.3 is 5.97 Å². The summed E-state index contributed by atoms with van der Waals surface area (Å²) >= 11 is 0. The normalized spacial score (nSPS) is 17.1. The zero-order valence-corrected chi connectivity index (χ0v) is 12.2. The first-order valence-corrected chi connectivity index (χ1v) is 7.48. The highest BCUT2D eigenvalue weighted by Crippen LogP contribution is 2.38. The topological polar surface area (TPSA) is 79.3 Å². The number of nitrogens with one attached hydrogen (secondary N) is 1. The van der Waals surface area contributed by atoms with Gasteiger partial charge < -0.3 is 10.4 Å². The largest absolute Gasteiger partial charge is 0.481 e. The molecule has 1 heterocycles. The third-order valence-corrected chi connectivity index (χ3v) is 4.17. The molecule has 0 atom stereocenters. The fraction of sp³-hybridized carbons (Fsp3) is 0.562. The summed E-state index contributed by atoms with van der Waals surface area (Å²) in [5, 5.41) is 12.0. The molecule has 0 spiro atoms. The van der Waals surface area contributed by atoms with Crippen LogP contribution in [0.2, 0.25) is 0 Å². The highest BCUT2D eigenvalue weighted by Gasteiger charge is 2.34. The standard InChI is InChI=1S/C16H22N2O3/c19-14(10-13-6-2-5-9-17-13)18-12-16(11-15(20)21)7-3-1-4-8-16/h2,5-6,9H,1,3-4,7-8,10-12H2,(H,18,19)(H,20,21). The van der Waals surface area contributed by atoms with E-state index in [9.17, 15) is 9.59 Å². The maximum atomic E-state index is 12.0. The number of carboxylic acids is 1. The summed E-state index contributed by atoms with van der Waals surface area (Å²) in [6.07, 6.45) is 7.04. The Labute approximate surface area is 124 Å². The van der Waals surface area contributed by atoms with E-state index in [0.717, 1.165) is 37.8 Å². The number of pyridine rings is 1. The SMILES string of the molecule is O=C(O)CC1(CNC(=O)Cc2ccccn2)CCCCC1. The molecular formula is C16H22N2O3. The number of nitrogens with zero attached hydrogens (tertiary/aromatic N) is 1. The van der Waals surface area contributed by atoms with Gasteiger partial charge in [-0.3, -0.25) is 14.6 Å². The van der Waals surface area contributed by atoms with Crippen LogP contribution in [0.25, 0.3) is 0 Å². The molecule has 0 saturated heterocycles. The molecule has 2 N–H and O–H groups in total. The first-order chi connectivity index (χ1) is 10.1. The second kappa shape index (κ2) is 7.20. The lowest BCUT2D eigenvalue weighted by atomic mass is 9.71. The fourth-order valence-corrected chi connectivity index (χ4v) is 3.05. The van der Waals surface area contributed by atoms with E-state index >= 15 is 0 Å². The molecule has 21 heavy (non-hydrogen) atoms. The second-order valence-corrected chi connectivity index (χ2v) is 5.91. The van der Waals surface area contributed by atoms with Crippen LogP contribution in [0.5, 0.6) is 0 Å². The van der Waals surface area contributed by atoms with E-state index in [0.29, 0.717) is 6.54 Å². The predicted molar refractivity (Wildman–Crippen MR) is 78.7 cm³/mol. The molecule has 5 nitrogen and oxygen atoms in total. The highest BCUT2D eigenvalue weighted by molar-refractivity contribution is 5.78. The van der Waals surface area contributed by atoms with Crippen LogP contribution < -0.4 is 5.32 Å². The molecule has 0 aromatic carbocycles. The van der Waals surface area contributed by atoms with Gasteiger partial charge in [0.05, 0.1) is 12.8 Å². The van der Waals surface area contributed by atoms with E-state index in [1.54, 1.807) is 6.20 Å². The van der Waals surface area contributed by atoms with Crippen molar-refractivity contribution >= 4 is 11.9 Å². The van der Waals surface area contributed by atoms with Crippen LogP contribution in [0.4, 0.5) is 0 Å². The van der Waals surface area contributed by atoms with Gasteiger partial charge in [-0.15, -0.1) is 0 Å². The average molecular weight is 290 g/mol. The van der Waals surface area contributed by atoms with Crippen molar-refractivity contribution in [2.75, 3.05) is 6.54 Å². The van der Waals surface area contributed by atoms with Crippen LogP contribution in [0, 0.1) is 5.41 Å². The monoisotopic (exact) mass is 290 g/mol. The quantitative estimate of drug-likeness (QED) is 0.841. The average Bonchev–Trinajstić information content (AvgIpc) is 2.47. The van der Waals surface area contributed by atoms with Crippen LogP contribution in [0.3, 0.4) is 0 Å². The Morgan fingerprint density at radius 3 is 2.62 bits per heavy atom. The van der Waals surface area contributed by atoms with Gasteiger partial charge in [0.1, 0.15) is 0 Å². The molecule has 1 saturated carbocycles. The van der Waals surface area contributed by atoms with Gasteiger partial charge in [0.25, 0.3) is 0 Å². The number of amides is 1. The van der Waals surface area contributed by atoms with Gasteiger partial charge in [-0.1, -0.05) is 25.3 Å². The lowest BCUT2D eigenvalue weighted by molar-refractivity contribution is -0.140. The number of carboxylic acid groups (broad SMARTS) is 1. The van der Waals surface area contributed by atoms with Gasteiger partial charge in [-0.25, -0.2) is 0 Å².